The molecule has 0 atom stereocenters. The number of ether oxygens (including phenoxy) is 1. The molecule has 3 heterocycles. The molecule has 1 fully saturated rings. The smallest absolute Gasteiger partial charge is 0.222 e. The molecule has 0 saturated carbocycles. The molecule has 0 aliphatic carbocycles. The van der Waals surface area contributed by atoms with Gasteiger partial charge in [0.15, 0.2) is 11.3 Å². The van der Waals surface area contributed by atoms with Crippen molar-refractivity contribution in [2.75, 3.05) is 62.8 Å². The minimum Gasteiger partial charge on any atom is -0.496 e. The molecule has 0 radical (unpaired) electrons. The van der Waals surface area contributed by atoms with Crippen LogP contribution >= 0.6 is 0 Å². The lowest BCUT2D eigenvalue weighted by Gasteiger charge is -2.34. The quantitative estimate of drug-likeness (QED) is 0.495. The molecule has 33 heavy (non-hydrogen) atoms. The number of nitrogens with two attached hydrogens (primary N) is 1. The number of hydrogen-bond acceptors (Lipinski definition) is 9. The molecule has 0 amide bonds. The summed E-state index contributed by atoms with van der Waals surface area (Å²) < 4.78 is 7.59. The average Bonchev–Trinajstić information content (AvgIpc) is 3.23. The molecule has 4 rings (SSSR count). The first-order chi connectivity index (χ1) is 16.1. The number of likely N-dealkylation sites (N-methyl/N-ethyl adjacent to an activating group) is 1. The number of carbonyl (C=O) groups excluding carboxylic acids is 1. The number of fused-ring (bicyclic) bond motifs is 1. The molecule has 0 bridgehead atoms. The molecule has 178 valence electrons. The van der Waals surface area contributed by atoms with Crippen LogP contribution in [0.5, 0.6) is 5.75 Å². The van der Waals surface area contributed by atoms with E-state index in [-0.39, 0.29) is 5.95 Å². The topological polar surface area (TPSA) is 114 Å². The zero-order valence-corrected chi connectivity index (χ0v) is 19.8. The molecule has 10 heteroatoms. The predicted octanol–water partition coefficient (Wildman–Crippen LogP) is 2.24. The van der Waals surface area contributed by atoms with Crippen LogP contribution in [0.4, 0.5) is 17.5 Å². The number of nitrogen functional groups attached to an aromatic ring is 1. The Labute approximate surface area is 194 Å². The fourth-order valence-electron chi connectivity index (χ4n) is 3.86. The number of nitrogens with one attached hydrogen (secondary N) is 1. The fraction of sp³-hybridized carbons (Fsp3) is 0.478. The van der Waals surface area contributed by atoms with Gasteiger partial charge in [0.25, 0.3) is 0 Å². The highest BCUT2D eigenvalue weighted by molar-refractivity contribution is 5.85. The van der Waals surface area contributed by atoms with E-state index in [1.807, 2.05) is 17.7 Å². The van der Waals surface area contributed by atoms with Gasteiger partial charge in [-0.2, -0.15) is 10.1 Å². The first-order valence-electron chi connectivity index (χ1n) is 11.2. The van der Waals surface area contributed by atoms with Crippen LogP contribution in [0.2, 0.25) is 0 Å². The summed E-state index contributed by atoms with van der Waals surface area (Å²) in [7, 11) is 3.88. The highest BCUT2D eigenvalue weighted by Crippen LogP contribution is 2.28. The maximum absolute atomic E-state index is 8.00. The van der Waals surface area contributed by atoms with Crippen LogP contribution in [0, 0.1) is 0 Å². The molecule has 2 aromatic heterocycles. The number of anilines is 3. The van der Waals surface area contributed by atoms with Gasteiger partial charge in [-0.3, -0.25) is 4.68 Å². The number of aromatic nitrogens is 4. The third kappa shape index (κ3) is 5.89. The number of carbonyl (C=O) groups is 1. The lowest BCUT2D eigenvalue weighted by molar-refractivity contribution is -0.0979. The summed E-state index contributed by atoms with van der Waals surface area (Å²) in [6.45, 7) is 9.76. The van der Waals surface area contributed by atoms with E-state index in [0.29, 0.717) is 12.4 Å². The fourth-order valence-corrected chi connectivity index (χ4v) is 3.86. The number of nitrogens with zero attached hydrogens (tertiary/aromatic N) is 6. The van der Waals surface area contributed by atoms with Gasteiger partial charge in [0, 0.05) is 50.0 Å². The van der Waals surface area contributed by atoms with E-state index in [0.717, 1.165) is 67.9 Å². The number of rotatable bonds is 8. The number of piperazine rings is 1. The maximum atomic E-state index is 8.00. The Kier molecular flexibility index (Phi) is 8.42. The second kappa shape index (κ2) is 11.5. The minimum atomic E-state index is 0.250. The number of benzene rings is 1. The molecule has 3 N–H and O–H groups in total. The molecule has 3 aromatic rings. The zero-order chi connectivity index (χ0) is 23.8. The highest BCUT2D eigenvalue weighted by atomic mass is 16.5. The van der Waals surface area contributed by atoms with Gasteiger partial charge in [-0.15, -0.1) is 0 Å². The van der Waals surface area contributed by atoms with Gasteiger partial charge < -0.3 is 30.4 Å². The lowest BCUT2D eigenvalue weighted by Crippen LogP contribution is -2.44. The van der Waals surface area contributed by atoms with Gasteiger partial charge in [-0.1, -0.05) is 19.4 Å². The standard InChI is InChI=1S/C22H32N8O.CH2O/c1-4-5-8-24-21-20-18(25-22(23)26-21)15-30(27-20)14-16-6-7-17(13-19(16)31-3)29-11-9-28(2)10-12-29;1-2/h6-7,13,15H,4-5,8-12,14H2,1-3H3,(H3,23,24,25,26);1H2. The predicted molar refractivity (Wildman–Crippen MR) is 132 cm³/mol. The van der Waals surface area contributed by atoms with E-state index < -0.39 is 0 Å². The van der Waals surface area contributed by atoms with Crippen LogP contribution in [0.1, 0.15) is 25.3 Å². The van der Waals surface area contributed by atoms with E-state index in [9.17, 15) is 0 Å². The Morgan fingerprint density at radius 1 is 1.18 bits per heavy atom. The van der Waals surface area contributed by atoms with Crippen molar-refractivity contribution in [1.29, 1.82) is 0 Å². The van der Waals surface area contributed by atoms with Crippen LogP contribution < -0.4 is 20.7 Å². The summed E-state index contributed by atoms with van der Waals surface area (Å²) in [6, 6.07) is 6.42. The Morgan fingerprint density at radius 3 is 2.64 bits per heavy atom. The van der Waals surface area contributed by atoms with Crippen LogP contribution in [0.3, 0.4) is 0 Å². The number of unbranched alkanes of at least 4 members (excludes halogenated alkanes) is 1. The van der Waals surface area contributed by atoms with E-state index in [4.69, 9.17) is 20.4 Å². The summed E-state index contributed by atoms with van der Waals surface area (Å²) in [5.74, 6) is 1.80. The van der Waals surface area contributed by atoms with Gasteiger partial charge >= 0.3 is 0 Å². The van der Waals surface area contributed by atoms with E-state index in [1.54, 1.807) is 7.11 Å². The van der Waals surface area contributed by atoms with Crippen LogP contribution in [0.15, 0.2) is 24.4 Å². The molecule has 0 spiro atoms. The third-order valence-electron chi connectivity index (χ3n) is 5.72. The van der Waals surface area contributed by atoms with E-state index >= 15 is 0 Å². The van der Waals surface area contributed by atoms with Crippen molar-refractivity contribution < 1.29 is 9.53 Å². The van der Waals surface area contributed by atoms with E-state index in [1.165, 1.54) is 5.69 Å². The van der Waals surface area contributed by atoms with Crippen LogP contribution in [-0.4, -0.2) is 78.3 Å². The molecule has 1 aliphatic rings. The average molecular weight is 455 g/mol. The molecule has 0 unspecified atom stereocenters. The Morgan fingerprint density at radius 2 is 1.94 bits per heavy atom. The van der Waals surface area contributed by atoms with Crippen molar-refractivity contribution >= 4 is 35.3 Å². The normalized spacial score (nSPS) is 14.1. The van der Waals surface area contributed by atoms with Crippen molar-refractivity contribution in [2.45, 2.75) is 26.3 Å². The number of hydrogen-bond donors (Lipinski definition) is 2. The SMILES string of the molecule is C=O.CCCCNc1nc(N)nc2cn(Cc3ccc(N4CCN(C)CC4)cc3OC)nc12. The maximum Gasteiger partial charge on any atom is 0.222 e. The first kappa shape index (κ1) is 24.2. The lowest BCUT2D eigenvalue weighted by atomic mass is 10.1. The largest absolute Gasteiger partial charge is 0.496 e. The first-order valence-corrected chi connectivity index (χ1v) is 11.2. The monoisotopic (exact) mass is 454 g/mol. The molecular weight excluding hydrogens is 420 g/mol. The second-order valence-corrected chi connectivity index (χ2v) is 8.06. The molecule has 1 saturated heterocycles. The molecule has 1 aliphatic heterocycles. The van der Waals surface area contributed by atoms with Crippen molar-refractivity contribution in [2.24, 2.45) is 0 Å². The summed E-state index contributed by atoms with van der Waals surface area (Å²) in [4.78, 5) is 21.5. The van der Waals surface area contributed by atoms with E-state index in [2.05, 4.69) is 57.3 Å². The van der Waals surface area contributed by atoms with Crippen molar-refractivity contribution in [1.82, 2.24) is 24.6 Å². The minimum absolute atomic E-state index is 0.250. The van der Waals surface area contributed by atoms with Gasteiger partial charge in [0.1, 0.15) is 18.1 Å². The molecular formula is C23H34N8O2. The Bertz CT molecular complexity index is 1050. The van der Waals surface area contributed by atoms with Gasteiger partial charge in [-0.25, -0.2) is 4.98 Å². The summed E-state index contributed by atoms with van der Waals surface area (Å²) in [5.41, 5.74) is 9.64. The van der Waals surface area contributed by atoms with Gasteiger partial charge in [0.2, 0.25) is 5.95 Å². The summed E-state index contributed by atoms with van der Waals surface area (Å²) in [6.07, 6.45) is 4.07. The van der Waals surface area contributed by atoms with Crippen LogP contribution in [0.25, 0.3) is 11.0 Å². The second-order valence-electron chi connectivity index (χ2n) is 8.06. The van der Waals surface area contributed by atoms with Crippen molar-refractivity contribution in [3.8, 4) is 5.75 Å². The molecule has 1 aromatic carbocycles. The summed E-state index contributed by atoms with van der Waals surface area (Å²) >= 11 is 0. The highest BCUT2D eigenvalue weighted by Gasteiger charge is 2.17. The zero-order valence-electron chi connectivity index (χ0n) is 19.8. The van der Waals surface area contributed by atoms with Crippen molar-refractivity contribution in [3.05, 3.63) is 30.0 Å². The third-order valence-corrected chi connectivity index (χ3v) is 5.72. The van der Waals surface area contributed by atoms with Gasteiger partial charge in [0.05, 0.1) is 19.9 Å². The molecule has 10 nitrogen and oxygen atoms in total. The number of methoxy groups -OCH3 is 1. The Hall–Kier alpha value is -3.40. The van der Waals surface area contributed by atoms with Gasteiger partial charge in [-0.05, 0) is 19.5 Å². The van der Waals surface area contributed by atoms with Crippen molar-refractivity contribution in [3.63, 3.8) is 0 Å². The van der Waals surface area contributed by atoms with Crippen LogP contribution in [-0.2, 0) is 11.3 Å². The summed E-state index contributed by atoms with van der Waals surface area (Å²) in [5, 5.41) is 8.06. The Balaban J connectivity index is 0.00000149.